The zero-order valence-electron chi connectivity index (χ0n) is 7.95. The number of phenols is 2. The fourth-order valence-corrected chi connectivity index (χ4v) is 2.25. The molecule has 3 N–H and O–H groups in total. The molecule has 0 saturated carbocycles. The molecule has 2 aromatic carbocycles. The van der Waals surface area contributed by atoms with Crippen molar-refractivity contribution in [3.63, 3.8) is 0 Å². The van der Waals surface area contributed by atoms with Gasteiger partial charge in [0.05, 0.1) is 0 Å². The number of aromatic hydroxyl groups is 2. The summed E-state index contributed by atoms with van der Waals surface area (Å²) >= 11 is 0. The lowest BCUT2D eigenvalue weighted by Crippen LogP contribution is -1.98. The van der Waals surface area contributed by atoms with Gasteiger partial charge in [-0.25, -0.2) is 0 Å². The molecule has 0 amide bonds. The molecule has 0 spiro atoms. The van der Waals surface area contributed by atoms with Crippen LogP contribution in [0.25, 0.3) is 10.8 Å². The molecule has 0 bridgehead atoms. The van der Waals surface area contributed by atoms with Crippen LogP contribution in [0.1, 0.15) is 0 Å². The van der Waals surface area contributed by atoms with Crippen LogP contribution in [-0.4, -0.2) is 23.2 Å². The summed E-state index contributed by atoms with van der Waals surface area (Å²) in [7, 11) is -4.44. The topological polar surface area (TPSA) is 94.8 Å². The molecular formula is C10H8O5S. The van der Waals surface area contributed by atoms with E-state index in [0.717, 1.165) is 6.07 Å². The van der Waals surface area contributed by atoms with E-state index >= 15 is 0 Å². The van der Waals surface area contributed by atoms with Crippen molar-refractivity contribution in [1.82, 2.24) is 0 Å². The van der Waals surface area contributed by atoms with E-state index in [-0.39, 0.29) is 5.39 Å². The number of fused-ring (bicyclic) bond motifs is 1. The van der Waals surface area contributed by atoms with Crippen LogP contribution in [0.4, 0.5) is 0 Å². The van der Waals surface area contributed by atoms with Crippen LogP contribution in [0.3, 0.4) is 0 Å². The number of benzene rings is 2. The van der Waals surface area contributed by atoms with Gasteiger partial charge in [0.15, 0.2) is 11.5 Å². The largest absolute Gasteiger partial charge is 0.504 e. The minimum Gasteiger partial charge on any atom is -0.504 e. The molecule has 0 aliphatic carbocycles. The van der Waals surface area contributed by atoms with Crippen LogP contribution < -0.4 is 0 Å². The number of rotatable bonds is 1. The van der Waals surface area contributed by atoms with Crippen molar-refractivity contribution in [3.8, 4) is 11.5 Å². The van der Waals surface area contributed by atoms with Gasteiger partial charge in [-0.3, -0.25) is 4.55 Å². The zero-order valence-corrected chi connectivity index (χ0v) is 8.77. The standard InChI is InChI=1S/C10H8O5S/c11-7-5-4-6-2-1-3-8(16(13,14)15)9(6)10(7)12/h1-5,11-12H,(H,13,14,15). The third kappa shape index (κ3) is 1.58. The predicted octanol–water partition coefficient (Wildman–Crippen LogP) is 1.50. The summed E-state index contributed by atoms with van der Waals surface area (Å²) in [5.41, 5.74) is 0. The normalized spacial score (nSPS) is 11.8. The summed E-state index contributed by atoms with van der Waals surface area (Å²) in [4.78, 5) is -0.432. The van der Waals surface area contributed by atoms with Gasteiger partial charge in [-0.2, -0.15) is 8.42 Å². The van der Waals surface area contributed by atoms with Crippen LogP contribution in [0.2, 0.25) is 0 Å². The average Bonchev–Trinajstić information content (AvgIpc) is 2.21. The second-order valence-corrected chi connectivity index (χ2v) is 4.65. The molecule has 0 heterocycles. The Balaban J connectivity index is 3.02. The molecule has 2 rings (SSSR count). The minimum absolute atomic E-state index is 0.0926. The SMILES string of the molecule is O=S(=O)(O)c1cccc2ccc(O)c(O)c12. The number of hydrogen-bond donors (Lipinski definition) is 3. The smallest absolute Gasteiger partial charge is 0.295 e. The third-order valence-electron chi connectivity index (χ3n) is 2.24. The number of hydrogen-bond acceptors (Lipinski definition) is 4. The fourth-order valence-electron chi connectivity index (χ4n) is 1.53. The molecule has 0 radical (unpaired) electrons. The summed E-state index contributed by atoms with van der Waals surface area (Å²) in [5, 5.41) is 19.2. The molecule has 2 aromatic rings. The van der Waals surface area contributed by atoms with Crippen molar-refractivity contribution >= 4 is 20.9 Å². The van der Waals surface area contributed by atoms with Gasteiger partial charge in [-0.1, -0.05) is 18.2 Å². The van der Waals surface area contributed by atoms with E-state index in [1.807, 2.05) is 0 Å². The van der Waals surface area contributed by atoms with Gasteiger partial charge in [0.2, 0.25) is 0 Å². The molecule has 0 saturated heterocycles. The Morgan fingerprint density at radius 3 is 2.31 bits per heavy atom. The molecule has 0 unspecified atom stereocenters. The van der Waals surface area contributed by atoms with Crippen molar-refractivity contribution in [2.24, 2.45) is 0 Å². The Bertz CT molecular complexity index is 660. The van der Waals surface area contributed by atoms with Gasteiger partial charge in [0.1, 0.15) is 4.90 Å². The zero-order chi connectivity index (χ0) is 11.9. The van der Waals surface area contributed by atoms with E-state index in [9.17, 15) is 18.6 Å². The second-order valence-electron chi connectivity index (χ2n) is 3.26. The third-order valence-corrected chi connectivity index (χ3v) is 3.13. The maximum absolute atomic E-state index is 11.1. The van der Waals surface area contributed by atoms with E-state index in [4.69, 9.17) is 4.55 Å². The van der Waals surface area contributed by atoms with Gasteiger partial charge in [0, 0.05) is 5.39 Å². The average molecular weight is 240 g/mol. The van der Waals surface area contributed by atoms with Gasteiger partial charge in [0.25, 0.3) is 10.1 Å². The van der Waals surface area contributed by atoms with E-state index in [2.05, 4.69) is 0 Å². The van der Waals surface area contributed by atoms with Gasteiger partial charge in [-0.15, -0.1) is 0 Å². The van der Waals surface area contributed by atoms with E-state index < -0.39 is 26.5 Å². The Kier molecular flexibility index (Phi) is 2.25. The molecule has 0 aliphatic rings. The van der Waals surface area contributed by atoms with E-state index in [1.54, 1.807) is 6.07 Å². The first-order valence-corrected chi connectivity index (χ1v) is 5.76. The van der Waals surface area contributed by atoms with Gasteiger partial charge in [-0.05, 0) is 17.5 Å². The summed E-state index contributed by atoms with van der Waals surface area (Å²) in [5.74, 6) is -1.01. The van der Waals surface area contributed by atoms with Crippen LogP contribution in [0.15, 0.2) is 35.2 Å². The first-order chi connectivity index (χ1) is 7.41. The maximum atomic E-state index is 11.1. The summed E-state index contributed by atoms with van der Waals surface area (Å²) in [6.07, 6.45) is 0. The lowest BCUT2D eigenvalue weighted by Gasteiger charge is -2.06. The van der Waals surface area contributed by atoms with Crippen LogP contribution in [0, 0.1) is 0 Å². The minimum atomic E-state index is -4.44. The highest BCUT2D eigenvalue weighted by Gasteiger charge is 2.17. The van der Waals surface area contributed by atoms with Crippen molar-refractivity contribution in [2.75, 3.05) is 0 Å². The summed E-state index contributed by atoms with van der Waals surface area (Å²) in [6, 6.07) is 6.83. The van der Waals surface area contributed by atoms with Gasteiger partial charge < -0.3 is 10.2 Å². The lowest BCUT2D eigenvalue weighted by molar-refractivity contribution is 0.407. The number of phenolic OH excluding ortho intramolecular Hbond substituents is 2. The Hall–Kier alpha value is -1.79. The van der Waals surface area contributed by atoms with Crippen molar-refractivity contribution < 1.29 is 23.2 Å². The molecule has 84 valence electrons. The summed E-state index contributed by atoms with van der Waals surface area (Å²) in [6.45, 7) is 0. The maximum Gasteiger partial charge on any atom is 0.295 e. The van der Waals surface area contributed by atoms with E-state index in [0.29, 0.717) is 5.39 Å². The first kappa shape index (κ1) is 10.7. The van der Waals surface area contributed by atoms with Crippen molar-refractivity contribution in [1.29, 1.82) is 0 Å². The van der Waals surface area contributed by atoms with Crippen LogP contribution in [0.5, 0.6) is 11.5 Å². The van der Waals surface area contributed by atoms with Gasteiger partial charge >= 0.3 is 0 Å². The quantitative estimate of drug-likeness (QED) is 0.518. The van der Waals surface area contributed by atoms with E-state index in [1.165, 1.54) is 18.2 Å². The predicted molar refractivity (Wildman–Crippen MR) is 57.1 cm³/mol. The molecule has 5 nitrogen and oxygen atoms in total. The van der Waals surface area contributed by atoms with Crippen molar-refractivity contribution in [3.05, 3.63) is 30.3 Å². The highest BCUT2D eigenvalue weighted by atomic mass is 32.2. The van der Waals surface area contributed by atoms with Crippen molar-refractivity contribution in [2.45, 2.75) is 4.90 Å². The summed E-state index contributed by atoms with van der Waals surface area (Å²) < 4.78 is 31.1. The first-order valence-electron chi connectivity index (χ1n) is 4.32. The Morgan fingerprint density at radius 1 is 1.00 bits per heavy atom. The monoisotopic (exact) mass is 240 g/mol. The molecule has 16 heavy (non-hydrogen) atoms. The molecule has 0 aromatic heterocycles. The second kappa shape index (κ2) is 3.36. The molecule has 0 atom stereocenters. The van der Waals surface area contributed by atoms with Crippen LogP contribution in [-0.2, 0) is 10.1 Å². The van der Waals surface area contributed by atoms with Crippen LogP contribution >= 0.6 is 0 Å². The highest BCUT2D eigenvalue weighted by Crippen LogP contribution is 2.37. The Morgan fingerprint density at radius 2 is 1.69 bits per heavy atom. The molecular weight excluding hydrogens is 232 g/mol. The highest BCUT2D eigenvalue weighted by molar-refractivity contribution is 7.86. The lowest BCUT2D eigenvalue weighted by atomic mass is 10.1. The Labute approximate surface area is 91.3 Å². The molecule has 0 fully saturated rings. The fraction of sp³-hybridized carbons (Fsp3) is 0. The molecule has 6 heteroatoms. The molecule has 0 aliphatic heterocycles.